The molecule has 1 fully saturated rings. The molecule has 0 radical (unpaired) electrons. The summed E-state index contributed by atoms with van der Waals surface area (Å²) in [5, 5.41) is 0. The van der Waals surface area contributed by atoms with Gasteiger partial charge in [0.05, 0.1) is 0 Å². The summed E-state index contributed by atoms with van der Waals surface area (Å²) in [6, 6.07) is 20.1. The van der Waals surface area contributed by atoms with Gasteiger partial charge in [-0.1, -0.05) is 61.5 Å². The fourth-order valence-corrected chi connectivity index (χ4v) is 3.38. The first kappa shape index (κ1) is 14.3. The van der Waals surface area contributed by atoms with E-state index in [2.05, 4.69) is 66.4 Å². The van der Waals surface area contributed by atoms with E-state index in [0.29, 0.717) is 6.04 Å². The van der Waals surface area contributed by atoms with Gasteiger partial charge in [0.15, 0.2) is 0 Å². The molecule has 0 spiro atoms. The Hall–Kier alpha value is -1.64. The second kappa shape index (κ2) is 6.42. The molecule has 110 valence electrons. The van der Waals surface area contributed by atoms with Gasteiger partial charge in [-0.25, -0.2) is 0 Å². The van der Waals surface area contributed by atoms with E-state index in [9.17, 15) is 0 Å². The molecule has 1 saturated heterocycles. The maximum absolute atomic E-state index is 6.34. The lowest BCUT2D eigenvalue weighted by atomic mass is 9.97. The highest BCUT2D eigenvalue weighted by Crippen LogP contribution is 2.32. The number of nitrogens with zero attached hydrogens (tertiary/aromatic N) is 1. The largest absolute Gasteiger partial charge is 0.326 e. The first-order chi connectivity index (χ1) is 10.3. The van der Waals surface area contributed by atoms with E-state index in [1.807, 2.05) is 0 Å². The van der Waals surface area contributed by atoms with Crippen molar-refractivity contribution in [3.05, 3.63) is 60.2 Å². The lowest BCUT2D eigenvalue weighted by Crippen LogP contribution is -2.32. The van der Waals surface area contributed by atoms with E-state index in [4.69, 9.17) is 5.73 Å². The molecule has 1 aliphatic heterocycles. The van der Waals surface area contributed by atoms with Crippen molar-refractivity contribution in [3.8, 4) is 11.1 Å². The quantitative estimate of drug-likeness (QED) is 0.922. The molecule has 2 heteroatoms. The molecule has 0 aromatic heterocycles. The van der Waals surface area contributed by atoms with E-state index in [1.165, 1.54) is 23.1 Å². The van der Waals surface area contributed by atoms with Gasteiger partial charge in [0, 0.05) is 18.6 Å². The summed E-state index contributed by atoms with van der Waals surface area (Å²) in [6.07, 6.45) is 2.29. The molecule has 0 bridgehead atoms. The summed E-state index contributed by atoms with van der Waals surface area (Å²) >= 11 is 0. The molecule has 2 aromatic rings. The third kappa shape index (κ3) is 3.02. The zero-order valence-corrected chi connectivity index (χ0v) is 12.7. The van der Waals surface area contributed by atoms with Crippen LogP contribution in [0.1, 0.15) is 31.4 Å². The van der Waals surface area contributed by atoms with Crippen LogP contribution in [0.25, 0.3) is 11.1 Å². The molecule has 2 nitrogen and oxygen atoms in total. The minimum absolute atomic E-state index is 0.263. The Morgan fingerprint density at radius 3 is 2.33 bits per heavy atom. The zero-order valence-electron chi connectivity index (χ0n) is 12.7. The summed E-state index contributed by atoms with van der Waals surface area (Å²) in [6.45, 7) is 4.50. The Morgan fingerprint density at radius 2 is 1.67 bits per heavy atom. The van der Waals surface area contributed by atoms with Gasteiger partial charge in [0.2, 0.25) is 0 Å². The molecular weight excluding hydrogens is 256 g/mol. The van der Waals surface area contributed by atoms with Crippen LogP contribution in [-0.2, 0) is 0 Å². The number of likely N-dealkylation sites (tertiary alicyclic amines) is 1. The predicted octanol–water partition coefficient (Wildman–Crippen LogP) is 3.84. The monoisotopic (exact) mass is 280 g/mol. The number of hydrogen-bond donors (Lipinski definition) is 1. The summed E-state index contributed by atoms with van der Waals surface area (Å²) < 4.78 is 0. The maximum Gasteiger partial charge on any atom is 0.0499 e. The molecule has 0 amide bonds. The van der Waals surface area contributed by atoms with Crippen molar-refractivity contribution >= 4 is 0 Å². The Bertz CT molecular complexity index is 560. The molecule has 2 unspecified atom stereocenters. The van der Waals surface area contributed by atoms with Crippen LogP contribution in [0.4, 0.5) is 0 Å². The van der Waals surface area contributed by atoms with Crippen molar-refractivity contribution < 1.29 is 0 Å². The van der Waals surface area contributed by atoms with Gasteiger partial charge in [-0.2, -0.15) is 0 Å². The van der Waals surface area contributed by atoms with Crippen molar-refractivity contribution in [2.45, 2.75) is 31.8 Å². The van der Waals surface area contributed by atoms with E-state index in [-0.39, 0.29) is 6.04 Å². The van der Waals surface area contributed by atoms with Gasteiger partial charge in [0.1, 0.15) is 0 Å². The first-order valence-electron chi connectivity index (χ1n) is 7.94. The number of nitrogens with two attached hydrogens (primary N) is 1. The highest BCUT2D eigenvalue weighted by molar-refractivity contribution is 5.63. The van der Waals surface area contributed by atoms with Crippen LogP contribution in [0.2, 0.25) is 0 Å². The molecule has 21 heavy (non-hydrogen) atoms. The minimum Gasteiger partial charge on any atom is -0.326 e. The van der Waals surface area contributed by atoms with E-state index in [1.54, 1.807) is 0 Å². The van der Waals surface area contributed by atoms with Crippen LogP contribution >= 0.6 is 0 Å². The van der Waals surface area contributed by atoms with Crippen LogP contribution in [0.5, 0.6) is 0 Å². The van der Waals surface area contributed by atoms with Crippen molar-refractivity contribution in [1.82, 2.24) is 4.90 Å². The Morgan fingerprint density at radius 1 is 1.00 bits per heavy atom. The lowest BCUT2D eigenvalue weighted by molar-refractivity contribution is 0.248. The van der Waals surface area contributed by atoms with E-state index in [0.717, 1.165) is 19.5 Å². The van der Waals surface area contributed by atoms with Crippen molar-refractivity contribution in [1.29, 1.82) is 0 Å². The molecule has 0 aliphatic carbocycles. The predicted molar refractivity (Wildman–Crippen MR) is 89.1 cm³/mol. The molecule has 3 rings (SSSR count). The van der Waals surface area contributed by atoms with Gasteiger partial charge in [-0.15, -0.1) is 0 Å². The number of benzene rings is 2. The van der Waals surface area contributed by atoms with Crippen molar-refractivity contribution in [2.75, 3.05) is 13.1 Å². The third-order valence-corrected chi connectivity index (χ3v) is 4.42. The smallest absolute Gasteiger partial charge is 0.0499 e. The molecule has 2 atom stereocenters. The molecule has 2 aromatic carbocycles. The van der Waals surface area contributed by atoms with Crippen LogP contribution in [0, 0.1) is 0 Å². The lowest BCUT2D eigenvalue weighted by Gasteiger charge is -2.27. The summed E-state index contributed by atoms with van der Waals surface area (Å²) in [5.41, 5.74) is 10.2. The second-order valence-corrected chi connectivity index (χ2v) is 5.92. The van der Waals surface area contributed by atoms with Crippen molar-refractivity contribution in [2.24, 2.45) is 5.73 Å². The topological polar surface area (TPSA) is 29.3 Å². The van der Waals surface area contributed by atoms with Crippen molar-refractivity contribution in [3.63, 3.8) is 0 Å². The summed E-state index contributed by atoms with van der Waals surface area (Å²) in [5.74, 6) is 0. The molecule has 2 N–H and O–H groups in total. The molecule has 1 heterocycles. The van der Waals surface area contributed by atoms with E-state index >= 15 is 0 Å². The summed E-state index contributed by atoms with van der Waals surface area (Å²) in [7, 11) is 0. The Balaban J connectivity index is 1.83. The Labute approximate surface area is 127 Å². The average molecular weight is 280 g/mol. The second-order valence-electron chi connectivity index (χ2n) is 5.92. The van der Waals surface area contributed by atoms with Crippen LogP contribution in [-0.4, -0.2) is 24.0 Å². The zero-order chi connectivity index (χ0) is 14.7. The standard InChI is InChI=1S/C19H24N2/c1-2-13-21-14-12-18(20)19(21)17-10-8-16(9-11-17)15-6-4-3-5-7-15/h3-11,18-19H,2,12-14,20H2,1H3. The minimum atomic E-state index is 0.263. The van der Waals surface area contributed by atoms with Crippen LogP contribution < -0.4 is 5.73 Å². The molecule has 0 saturated carbocycles. The highest BCUT2D eigenvalue weighted by Gasteiger charge is 2.31. The maximum atomic E-state index is 6.34. The fraction of sp³-hybridized carbons (Fsp3) is 0.368. The SMILES string of the molecule is CCCN1CCC(N)C1c1ccc(-c2ccccc2)cc1. The van der Waals surface area contributed by atoms with Gasteiger partial charge >= 0.3 is 0 Å². The number of hydrogen-bond acceptors (Lipinski definition) is 2. The average Bonchev–Trinajstić information content (AvgIpc) is 2.90. The number of rotatable bonds is 4. The van der Waals surface area contributed by atoms with Gasteiger partial charge in [0.25, 0.3) is 0 Å². The summed E-state index contributed by atoms with van der Waals surface area (Å²) in [4.78, 5) is 2.53. The fourth-order valence-electron chi connectivity index (χ4n) is 3.38. The van der Waals surface area contributed by atoms with Crippen LogP contribution in [0.3, 0.4) is 0 Å². The van der Waals surface area contributed by atoms with Gasteiger partial charge in [-0.3, -0.25) is 4.90 Å². The normalized spacial score (nSPS) is 22.6. The third-order valence-electron chi connectivity index (χ3n) is 4.42. The highest BCUT2D eigenvalue weighted by atomic mass is 15.2. The van der Waals surface area contributed by atoms with Crippen LogP contribution in [0.15, 0.2) is 54.6 Å². The first-order valence-corrected chi connectivity index (χ1v) is 7.94. The Kier molecular flexibility index (Phi) is 4.37. The van der Waals surface area contributed by atoms with Gasteiger partial charge < -0.3 is 5.73 Å². The molecule has 1 aliphatic rings. The molecular formula is C19H24N2. The van der Waals surface area contributed by atoms with E-state index < -0.39 is 0 Å². The van der Waals surface area contributed by atoms with Gasteiger partial charge in [-0.05, 0) is 36.1 Å².